The fourth-order valence-corrected chi connectivity index (χ4v) is 6.63. The van der Waals surface area contributed by atoms with Gasteiger partial charge in [-0.3, -0.25) is 9.59 Å². The predicted molar refractivity (Wildman–Crippen MR) is 152 cm³/mol. The summed E-state index contributed by atoms with van der Waals surface area (Å²) in [6.07, 6.45) is 4.03. The number of aliphatic hydroxyl groups excluding tert-OH is 2. The highest BCUT2D eigenvalue weighted by Crippen LogP contribution is 2.49. The summed E-state index contributed by atoms with van der Waals surface area (Å²) in [5.74, 6) is -0.102. The number of aliphatic hydroxyl groups is 2. The molecule has 2 amide bonds. The molecule has 8 heteroatoms. The predicted octanol–water partition coefficient (Wildman–Crippen LogP) is 2.80. The number of fused-ring (bicyclic) bond motifs is 1. The molecule has 210 valence electrons. The van der Waals surface area contributed by atoms with Gasteiger partial charge in [0.25, 0.3) is 11.8 Å². The molecule has 1 spiro atoms. The van der Waals surface area contributed by atoms with Crippen LogP contribution in [0.25, 0.3) is 0 Å². The molecule has 3 aliphatic rings. The molecule has 0 aromatic heterocycles. The van der Waals surface area contributed by atoms with E-state index in [9.17, 15) is 19.8 Å². The van der Waals surface area contributed by atoms with Gasteiger partial charge in [0.15, 0.2) is 0 Å². The molecule has 2 aromatic rings. The Morgan fingerprint density at radius 3 is 2.41 bits per heavy atom. The Labute approximate surface area is 231 Å². The summed E-state index contributed by atoms with van der Waals surface area (Å²) in [6, 6.07) is 13.4. The molecule has 2 heterocycles. The zero-order valence-corrected chi connectivity index (χ0v) is 23.0. The van der Waals surface area contributed by atoms with Crippen LogP contribution in [0, 0.1) is 5.41 Å². The maximum Gasteiger partial charge on any atom is 0.256 e. The van der Waals surface area contributed by atoms with Crippen molar-refractivity contribution in [1.29, 1.82) is 0 Å². The topological polar surface area (TPSA) is 110 Å². The summed E-state index contributed by atoms with van der Waals surface area (Å²) in [5.41, 5.74) is 10.3. The van der Waals surface area contributed by atoms with Crippen molar-refractivity contribution in [2.45, 2.75) is 64.2 Å². The number of β-amino-alcohol motifs (C(OH)–C–C–N with tert-alkyl or cyclic N) is 1. The Morgan fingerprint density at radius 1 is 1.05 bits per heavy atom. The number of hydrogen-bond donors (Lipinski definition) is 3. The third kappa shape index (κ3) is 5.83. The molecule has 39 heavy (non-hydrogen) atoms. The smallest absolute Gasteiger partial charge is 0.256 e. The average molecular weight is 535 g/mol. The molecule has 2 fully saturated rings. The van der Waals surface area contributed by atoms with E-state index in [-0.39, 0.29) is 29.9 Å². The van der Waals surface area contributed by atoms with Crippen LogP contribution in [0.3, 0.4) is 0 Å². The number of likely N-dealkylation sites (N-methyl/N-ethyl adjacent to an activating group) is 1. The van der Waals surface area contributed by atoms with Gasteiger partial charge in [0.1, 0.15) is 0 Å². The maximum atomic E-state index is 13.6. The fraction of sp³-hybridized carbons (Fsp3) is 0.548. The molecule has 2 aliphatic heterocycles. The first-order chi connectivity index (χ1) is 18.8. The Kier molecular flexibility index (Phi) is 8.26. The number of nitrogens with two attached hydrogens (primary N) is 1. The second kappa shape index (κ2) is 11.7. The van der Waals surface area contributed by atoms with E-state index in [4.69, 9.17) is 5.73 Å². The minimum Gasteiger partial charge on any atom is -0.393 e. The number of amides is 2. The highest BCUT2D eigenvalue weighted by Gasteiger charge is 2.45. The molecular weight excluding hydrogens is 492 g/mol. The molecule has 8 nitrogen and oxygen atoms in total. The molecule has 0 radical (unpaired) electrons. The molecule has 2 aromatic carbocycles. The Morgan fingerprint density at radius 2 is 1.74 bits per heavy atom. The van der Waals surface area contributed by atoms with Crippen LogP contribution in [-0.4, -0.2) is 83.3 Å². The summed E-state index contributed by atoms with van der Waals surface area (Å²) in [7, 11) is 0. The molecular formula is C31H42N4O4. The highest BCUT2D eigenvalue weighted by molar-refractivity contribution is 6.03. The van der Waals surface area contributed by atoms with Crippen molar-refractivity contribution in [2.24, 2.45) is 11.1 Å². The van der Waals surface area contributed by atoms with Crippen LogP contribution in [0.15, 0.2) is 42.5 Å². The summed E-state index contributed by atoms with van der Waals surface area (Å²) in [4.78, 5) is 32.8. The van der Waals surface area contributed by atoms with Crippen molar-refractivity contribution in [3.05, 3.63) is 64.7 Å². The van der Waals surface area contributed by atoms with Gasteiger partial charge in [0, 0.05) is 51.4 Å². The van der Waals surface area contributed by atoms with Crippen molar-refractivity contribution in [2.75, 3.05) is 44.2 Å². The van der Waals surface area contributed by atoms with Crippen LogP contribution in [0.2, 0.25) is 0 Å². The van der Waals surface area contributed by atoms with E-state index in [1.807, 2.05) is 35.2 Å². The largest absolute Gasteiger partial charge is 0.393 e. The average Bonchev–Trinajstić information content (AvgIpc) is 3.07. The van der Waals surface area contributed by atoms with Crippen molar-refractivity contribution in [1.82, 2.24) is 9.80 Å². The van der Waals surface area contributed by atoms with E-state index in [1.165, 1.54) is 0 Å². The van der Waals surface area contributed by atoms with Crippen LogP contribution < -0.4 is 10.6 Å². The number of likely N-dealkylation sites (tertiary alicyclic amines) is 1. The molecule has 0 unspecified atom stereocenters. The quantitative estimate of drug-likeness (QED) is 0.481. The molecule has 1 aliphatic carbocycles. The summed E-state index contributed by atoms with van der Waals surface area (Å²) in [5, 5.41) is 20.6. The number of aryl methyl sites for hydroxylation is 1. The molecule has 5 rings (SSSR count). The molecule has 4 N–H and O–H groups in total. The first kappa shape index (κ1) is 27.6. The highest BCUT2D eigenvalue weighted by atomic mass is 16.3. The zero-order chi connectivity index (χ0) is 27.6. The standard InChI is InChI=1S/C31H42N4O4/c1-2-33-15-16-35(21-25(36)9-7-22-5-3-4-6-24(22)20-32)30(39)27-10-8-23(17-28(27)33)29(38)34-13-11-31(12-14-34)18-26(37)19-31/h3-6,8,10,17,25-26,36-37H,2,7,9,11-16,18-21,32H2,1H3/t25-/m0/s1. The summed E-state index contributed by atoms with van der Waals surface area (Å²) >= 11 is 0. The van der Waals surface area contributed by atoms with Crippen LogP contribution in [0.1, 0.15) is 70.9 Å². The first-order valence-corrected chi connectivity index (χ1v) is 14.4. The number of nitrogens with zero attached hydrogens (tertiary/aromatic N) is 3. The minimum atomic E-state index is -0.642. The molecule has 1 atom stereocenters. The monoisotopic (exact) mass is 534 g/mol. The number of rotatable bonds is 8. The normalized spacial score (nSPS) is 20.0. The lowest BCUT2D eigenvalue weighted by Gasteiger charge is -2.50. The number of benzene rings is 2. The van der Waals surface area contributed by atoms with Crippen LogP contribution in [0.5, 0.6) is 0 Å². The van der Waals surface area contributed by atoms with Crippen LogP contribution in [-0.2, 0) is 13.0 Å². The SMILES string of the molecule is CCN1CCN(C[C@@H](O)CCc2ccccc2CN)C(=O)c2ccc(C(=O)N3CCC4(CC3)CC(O)C4)cc21. The van der Waals surface area contributed by atoms with E-state index in [2.05, 4.69) is 11.8 Å². The lowest BCUT2D eigenvalue weighted by Crippen LogP contribution is -2.50. The number of carbonyl (C=O) groups excluding carboxylic acids is 2. The van der Waals surface area contributed by atoms with Gasteiger partial charge in [0.2, 0.25) is 0 Å². The number of anilines is 1. The van der Waals surface area contributed by atoms with Gasteiger partial charge in [0.05, 0.1) is 23.5 Å². The maximum absolute atomic E-state index is 13.6. The van der Waals surface area contributed by atoms with E-state index >= 15 is 0 Å². The zero-order valence-electron chi connectivity index (χ0n) is 23.0. The fourth-order valence-electron chi connectivity index (χ4n) is 6.63. The van der Waals surface area contributed by atoms with Crippen molar-refractivity contribution in [3.8, 4) is 0 Å². The Balaban J connectivity index is 1.25. The van der Waals surface area contributed by atoms with Crippen molar-refractivity contribution >= 4 is 17.5 Å². The van der Waals surface area contributed by atoms with Gasteiger partial charge >= 0.3 is 0 Å². The van der Waals surface area contributed by atoms with Gasteiger partial charge in [-0.2, -0.15) is 0 Å². The van der Waals surface area contributed by atoms with Gasteiger partial charge in [-0.05, 0) is 80.2 Å². The first-order valence-electron chi connectivity index (χ1n) is 14.4. The minimum absolute atomic E-state index is 0.00492. The van der Waals surface area contributed by atoms with Gasteiger partial charge < -0.3 is 30.6 Å². The van der Waals surface area contributed by atoms with Crippen LogP contribution >= 0.6 is 0 Å². The van der Waals surface area contributed by atoms with Gasteiger partial charge in [-0.15, -0.1) is 0 Å². The van der Waals surface area contributed by atoms with Crippen molar-refractivity contribution in [3.63, 3.8) is 0 Å². The Hall–Kier alpha value is -2.94. The molecule has 1 saturated carbocycles. The van der Waals surface area contributed by atoms with E-state index in [1.54, 1.807) is 17.0 Å². The van der Waals surface area contributed by atoms with Gasteiger partial charge in [-0.25, -0.2) is 0 Å². The van der Waals surface area contributed by atoms with E-state index < -0.39 is 6.10 Å². The number of hydrogen-bond acceptors (Lipinski definition) is 6. The lowest BCUT2D eigenvalue weighted by molar-refractivity contribution is -0.0637. The molecule has 0 bridgehead atoms. The van der Waals surface area contributed by atoms with Gasteiger partial charge in [-0.1, -0.05) is 24.3 Å². The Bertz CT molecular complexity index is 1180. The van der Waals surface area contributed by atoms with E-state index in [0.29, 0.717) is 56.7 Å². The third-order valence-electron chi connectivity index (χ3n) is 9.09. The molecule has 1 saturated heterocycles. The second-order valence-electron chi connectivity index (χ2n) is 11.6. The number of piperidine rings is 1. The van der Waals surface area contributed by atoms with Crippen molar-refractivity contribution < 1.29 is 19.8 Å². The van der Waals surface area contributed by atoms with E-state index in [0.717, 1.165) is 49.0 Å². The van der Waals surface area contributed by atoms with Crippen LogP contribution in [0.4, 0.5) is 5.69 Å². The summed E-state index contributed by atoms with van der Waals surface area (Å²) < 4.78 is 0. The summed E-state index contributed by atoms with van der Waals surface area (Å²) in [6.45, 7) is 6.09. The number of carbonyl (C=O) groups is 2. The second-order valence-corrected chi connectivity index (χ2v) is 11.6. The lowest BCUT2D eigenvalue weighted by atomic mass is 9.61. The third-order valence-corrected chi connectivity index (χ3v) is 9.09.